The molecule has 0 fully saturated rings. The van der Waals surface area contributed by atoms with Gasteiger partial charge in [-0.3, -0.25) is 4.79 Å². The average molecular weight is 423 g/mol. The predicted octanol–water partition coefficient (Wildman–Crippen LogP) is 4.66. The second-order valence-electron chi connectivity index (χ2n) is 7.46. The number of nitrogens with one attached hydrogen (secondary N) is 1. The highest BCUT2D eigenvalue weighted by Gasteiger charge is 2.11. The van der Waals surface area contributed by atoms with Gasteiger partial charge in [-0.15, -0.1) is 0 Å². The highest BCUT2D eigenvalue weighted by Crippen LogP contribution is 2.22. The lowest BCUT2D eigenvalue weighted by Crippen LogP contribution is -2.13. The fourth-order valence-electron chi connectivity index (χ4n) is 3.51. The summed E-state index contributed by atoms with van der Waals surface area (Å²) >= 11 is 0. The van der Waals surface area contributed by atoms with Gasteiger partial charge in [-0.25, -0.2) is 9.97 Å². The molecule has 0 spiro atoms. The summed E-state index contributed by atoms with van der Waals surface area (Å²) < 4.78 is 9.74. The molecule has 0 aliphatic heterocycles. The van der Waals surface area contributed by atoms with Gasteiger partial charge in [-0.05, 0) is 48.9 Å². The first-order chi connectivity index (χ1) is 15.7. The van der Waals surface area contributed by atoms with E-state index in [9.17, 15) is 4.79 Å². The van der Waals surface area contributed by atoms with Gasteiger partial charge in [0, 0.05) is 30.4 Å². The molecule has 0 radical (unpaired) electrons. The third-order valence-electron chi connectivity index (χ3n) is 5.07. The summed E-state index contributed by atoms with van der Waals surface area (Å²) in [6.45, 7) is 2.36. The van der Waals surface area contributed by atoms with Gasteiger partial charge in [-0.1, -0.05) is 24.3 Å². The molecule has 0 unspecified atom stereocenters. The molecular weight excluding hydrogens is 402 g/mol. The number of pyridine rings is 1. The minimum absolute atomic E-state index is 0.216. The fraction of sp³-hybridized carbons (Fsp3) is 0.0800. The molecule has 0 aliphatic carbocycles. The normalized spacial score (nSPS) is 10.9. The summed E-state index contributed by atoms with van der Waals surface area (Å²) in [4.78, 5) is 21.6. The topological polar surface area (TPSA) is 73.4 Å². The van der Waals surface area contributed by atoms with Crippen LogP contribution in [0.1, 0.15) is 21.6 Å². The second-order valence-corrected chi connectivity index (χ2v) is 7.46. The largest absolute Gasteiger partial charge is 0.487 e. The molecule has 0 atom stereocenters. The number of carbonyl (C=O) groups excluding carboxylic acids is 1. The van der Waals surface area contributed by atoms with Gasteiger partial charge in [0.15, 0.2) is 0 Å². The summed E-state index contributed by atoms with van der Waals surface area (Å²) in [5.74, 6) is 0.389. The van der Waals surface area contributed by atoms with E-state index in [-0.39, 0.29) is 5.91 Å². The minimum Gasteiger partial charge on any atom is -0.487 e. The minimum atomic E-state index is -0.216. The summed E-state index contributed by atoms with van der Waals surface area (Å²) in [6, 6.07) is 18.7. The van der Waals surface area contributed by atoms with E-state index in [1.165, 1.54) is 0 Å². The van der Waals surface area contributed by atoms with Crippen LogP contribution in [0.25, 0.3) is 11.3 Å². The lowest BCUT2D eigenvalue weighted by atomic mass is 10.2. The van der Waals surface area contributed by atoms with Crippen molar-refractivity contribution in [3.05, 3.63) is 109 Å². The van der Waals surface area contributed by atoms with Crippen LogP contribution in [-0.4, -0.2) is 24.8 Å². The molecule has 0 saturated heterocycles. The van der Waals surface area contributed by atoms with Gasteiger partial charge in [0.1, 0.15) is 18.0 Å². The number of aryl methyl sites for hydroxylation is 1. The fourth-order valence-corrected chi connectivity index (χ4v) is 3.51. The van der Waals surface area contributed by atoms with Crippen molar-refractivity contribution in [2.45, 2.75) is 13.5 Å². The number of aromatic nitrogens is 4. The first kappa shape index (κ1) is 19.6. The van der Waals surface area contributed by atoms with Crippen molar-refractivity contribution in [1.82, 2.24) is 18.9 Å². The van der Waals surface area contributed by atoms with Crippen LogP contribution in [0.5, 0.6) is 5.75 Å². The smallest absolute Gasteiger partial charge is 0.255 e. The van der Waals surface area contributed by atoms with E-state index in [1.54, 1.807) is 30.7 Å². The number of benzene rings is 2. The lowest BCUT2D eigenvalue weighted by Gasteiger charge is -2.12. The van der Waals surface area contributed by atoms with Gasteiger partial charge in [0.25, 0.3) is 5.91 Å². The monoisotopic (exact) mass is 423 g/mol. The number of hydrogen-bond donors (Lipinski definition) is 1. The van der Waals surface area contributed by atoms with Crippen LogP contribution in [0.4, 0.5) is 5.69 Å². The van der Waals surface area contributed by atoms with Crippen molar-refractivity contribution in [3.8, 4) is 11.4 Å². The number of nitrogens with zero attached hydrogens (tertiary/aromatic N) is 4. The van der Waals surface area contributed by atoms with Gasteiger partial charge in [0.05, 0.1) is 23.4 Å². The van der Waals surface area contributed by atoms with Crippen molar-refractivity contribution >= 4 is 17.2 Å². The highest BCUT2D eigenvalue weighted by atomic mass is 16.5. The van der Waals surface area contributed by atoms with Crippen LogP contribution in [0.3, 0.4) is 0 Å². The van der Waals surface area contributed by atoms with Crippen molar-refractivity contribution < 1.29 is 9.53 Å². The number of rotatable bonds is 6. The molecule has 7 nitrogen and oxygen atoms in total. The van der Waals surface area contributed by atoms with Crippen LogP contribution in [0.2, 0.25) is 0 Å². The Morgan fingerprint density at radius 2 is 1.97 bits per heavy atom. The van der Waals surface area contributed by atoms with Crippen molar-refractivity contribution in [2.24, 2.45) is 0 Å². The summed E-state index contributed by atoms with van der Waals surface area (Å²) in [5.41, 5.74) is 4.90. The highest BCUT2D eigenvalue weighted by molar-refractivity contribution is 6.05. The molecule has 5 rings (SSSR count). The molecule has 0 bridgehead atoms. The third kappa shape index (κ3) is 4.09. The number of anilines is 1. The Morgan fingerprint density at radius 3 is 2.84 bits per heavy atom. The van der Waals surface area contributed by atoms with Gasteiger partial charge in [-0.2, -0.15) is 0 Å². The SMILES string of the molecule is Cc1ccc2nc(COc3cccc(C(=O)Nc4ccccc4-n4ccnc4)c3)cn2c1. The van der Waals surface area contributed by atoms with E-state index < -0.39 is 0 Å². The molecule has 3 heterocycles. The predicted molar refractivity (Wildman–Crippen MR) is 122 cm³/mol. The van der Waals surface area contributed by atoms with Gasteiger partial charge in [0.2, 0.25) is 0 Å². The van der Waals surface area contributed by atoms with Gasteiger partial charge >= 0.3 is 0 Å². The third-order valence-corrected chi connectivity index (χ3v) is 5.07. The maximum absolute atomic E-state index is 12.9. The molecule has 0 aliphatic rings. The molecule has 1 N–H and O–H groups in total. The van der Waals surface area contributed by atoms with E-state index in [2.05, 4.69) is 15.3 Å². The van der Waals surface area contributed by atoms with E-state index in [0.717, 1.165) is 22.6 Å². The number of imidazole rings is 2. The van der Waals surface area contributed by atoms with Gasteiger partial charge < -0.3 is 19.0 Å². The first-order valence-corrected chi connectivity index (χ1v) is 10.2. The Kier molecular flexibility index (Phi) is 5.13. The van der Waals surface area contributed by atoms with E-state index in [0.29, 0.717) is 23.6 Å². The second kappa shape index (κ2) is 8.39. The molecule has 32 heavy (non-hydrogen) atoms. The molecule has 7 heteroatoms. The standard InChI is InChI=1S/C25H21N5O2/c1-18-9-10-24-27-20(15-30(24)14-18)16-32-21-6-4-5-19(13-21)25(31)28-22-7-2-3-8-23(22)29-12-11-26-17-29/h2-15,17H,16H2,1H3,(H,28,31). The van der Waals surface area contributed by atoms with Crippen LogP contribution in [0, 0.1) is 6.92 Å². The summed E-state index contributed by atoms with van der Waals surface area (Å²) in [5, 5.41) is 2.98. The van der Waals surface area contributed by atoms with E-state index in [4.69, 9.17) is 4.74 Å². The zero-order valence-corrected chi connectivity index (χ0v) is 17.5. The number of ether oxygens (including phenoxy) is 1. The number of para-hydroxylation sites is 2. The maximum Gasteiger partial charge on any atom is 0.255 e. The number of fused-ring (bicyclic) bond motifs is 1. The average Bonchev–Trinajstić information content (AvgIpc) is 3.48. The summed E-state index contributed by atoms with van der Waals surface area (Å²) in [6.07, 6.45) is 9.20. The number of amides is 1. The number of carbonyl (C=O) groups is 1. The molecule has 1 amide bonds. The van der Waals surface area contributed by atoms with Crippen molar-refractivity contribution in [3.63, 3.8) is 0 Å². The van der Waals surface area contributed by atoms with Crippen LogP contribution < -0.4 is 10.1 Å². The Hall–Kier alpha value is -4.39. The van der Waals surface area contributed by atoms with Crippen molar-refractivity contribution in [1.29, 1.82) is 0 Å². The Bertz CT molecular complexity index is 1390. The van der Waals surface area contributed by atoms with E-state index in [1.807, 2.05) is 76.9 Å². The summed E-state index contributed by atoms with van der Waals surface area (Å²) in [7, 11) is 0. The Balaban J connectivity index is 1.30. The van der Waals surface area contributed by atoms with Crippen molar-refractivity contribution in [2.75, 3.05) is 5.32 Å². The quantitative estimate of drug-likeness (QED) is 0.431. The first-order valence-electron chi connectivity index (χ1n) is 10.2. The molecule has 158 valence electrons. The Labute approximate surface area is 184 Å². The molecule has 3 aromatic heterocycles. The molecular formula is C25H21N5O2. The lowest BCUT2D eigenvalue weighted by molar-refractivity contribution is 0.102. The molecule has 5 aromatic rings. The zero-order valence-electron chi connectivity index (χ0n) is 17.5. The maximum atomic E-state index is 12.9. The zero-order chi connectivity index (χ0) is 21.9. The van der Waals surface area contributed by atoms with Crippen LogP contribution >= 0.6 is 0 Å². The van der Waals surface area contributed by atoms with Crippen LogP contribution in [-0.2, 0) is 6.61 Å². The van der Waals surface area contributed by atoms with E-state index >= 15 is 0 Å². The van der Waals surface area contributed by atoms with Crippen LogP contribution in [0.15, 0.2) is 91.8 Å². The molecule has 2 aromatic carbocycles. The molecule has 0 saturated carbocycles. The Morgan fingerprint density at radius 1 is 1.06 bits per heavy atom. The number of hydrogen-bond acceptors (Lipinski definition) is 4.